The minimum absolute atomic E-state index is 0.0668. The molecule has 1 fully saturated rings. The second kappa shape index (κ2) is 5.20. The molecule has 0 aliphatic carbocycles. The van der Waals surface area contributed by atoms with Crippen molar-refractivity contribution >= 4 is 11.6 Å². The number of nitrogens with zero attached hydrogens (tertiary/aromatic N) is 1. The van der Waals surface area contributed by atoms with Crippen LogP contribution in [-0.2, 0) is 9.53 Å². The summed E-state index contributed by atoms with van der Waals surface area (Å²) < 4.78 is 17.7. The number of ether oxygens (including phenoxy) is 1. The van der Waals surface area contributed by atoms with Crippen LogP contribution in [0.2, 0.25) is 0 Å². The lowest BCUT2D eigenvalue weighted by atomic mass is 10.2. The van der Waals surface area contributed by atoms with Crippen molar-refractivity contribution < 1.29 is 13.9 Å². The smallest absolute Gasteiger partial charge is 0.241 e. The molecular formula is C11H14FN3O2. The van der Waals surface area contributed by atoms with Gasteiger partial charge in [-0.1, -0.05) is 0 Å². The highest BCUT2D eigenvalue weighted by Gasteiger charge is 2.29. The molecule has 0 radical (unpaired) electrons. The molecule has 0 aromatic carbocycles. The Hall–Kier alpha value is -1.53. The van der Waals surface area contributed by atoms with E-state index in [0.717, 1.165) is 0 Å². The Kier molecular flexibility index (Phi) is 3.65. The lowest BCUT2D eigenvalue weighted by molar-refractivity contribution is -0.118. The van der Waals surface area contributed by atoms with Gasteiger partial charge in [0.2, 0.25) is 11.9 Å². The Morgan fingerprint density at radius 1 is 1.65 bits per heavy atom. The van der Waals surface area contributed by atoms with Gasteiger partial charge in [0, 0.05) is 13.7 Å². The van der Waals surface area contributed by atoms with Gasteiger partial charge in [0.1, 0.15) is 0 Å². The van der Waals surface area contributed by atoms with E-state index in [1.165, 1.54) is 18.3 Å². The minimum atomic E-state index is -0.568. The minimum Gasteiger partial charge on any atom is -0.380 e. The van der Waals surface area contributed by atoms with Gasteiger partial charge >= 0.3 is 0 Å². The Balaban J connectivity index is 1.91. The number of aromatic nitrogens is 1. The molecule has 92 valence electrons. The number of carbonyl (C=O) groups excluding carboxylic acids is 1. The maximum absolute atomic E-state index is 12.6. The van der Waals surface area contributed by atoms with Crippen molar-refractivity contribution in [2.24, 2.45) is 0 Å². The average Bonchev–Trinajstić information content (AvgIpc) is 2.81. The van der Waals surface area contributed by atoms with Crippen LogP contribution in [0.3, 0.4) is 0 Å². The molecule has 2 heterocycles. The van der Waals surface area contributed by atoms with Crippen molar-refractivity contribution in [3.8, 4) is 0 Å². The number of pyridine rings is 1. The molecule has 1 saturated heterocycles. The quantitative estimate of drug-likeness (QED) is 0.755. The highest BCUT2D eigenvalue weighted by atomic mass is 19.1. The fourth-order valence-corrected chi connectivity index (χ4v) is 1.76. The number of methoxy groups -OCH3 is 1. The Bertz CT molecular complexity index is 396. The number of anilines is 1. The molecule has 6 heteroatoms. The number of amides is 1. The van der Waals surface area contributed by atoms with E-state index in [4.69, 9.17) is 4.74 Å². The summed E-state index contributed by atoms with van der Waals surface area (Å²) in [5, 5.41) is 5.73. The number of halogens is 1. The maximum Gasteiger partial charge on any atom is 0.241 e. The number of nitrogens with one attached hydrogen (secondary N) is 2. The number of rotatable bonds is 3. The Labute approximate surface area is 98.4 Å². The SMILES string of the molecule is CO[C@@H]1CN[C@H](C(=O)Nc2ccc(F)nc2)C1. The van der Waals surface area contributed by atoms with Gasteiger partial charge in [0.15, 0.2) is 0 Å². The third-order valence-electron chi connectivity index (χ3n) is 2.74. The Morgan fingerprint density at radius 2 is 2.47 bits per heavy atom. The average molecular weight is 239 g/mol. The molecule has 1 aromatic rings. The summed E-state index contributed by atoms with van der Waals surface area (Å²) in [5.41, 5.74) is 0.485. The lowest BCUT2D eigenvalue weighted by Crippen LogP contribution is -2.35. The molecule has 2 atom stereocenters. The van der Waals surface area contributed by atoms with E-state index in [1.54, 1.807) is 7.11 Å². The molecule has 1 aliphatic heterocycles. The maximum atomic E-state index is 12.6. The van der Waals surface area contributed by atoms with Gasteiger partial charge in [-0.25, -0.2) is 4.98 Å². The second-order valence-electron chi connectivity index (χ2n) is 3.91. The van der Waals surface area contributed by atoms with E-state index in [-0.39, 0.29) is 18.1 Å². The molecule has 1 aliphatic rings. The van der Waals surface area contributed by atoms with E-state index >= 15 is 0 Å². The topological polar surface area (TPSA) is 63.2 Å². The first kappa shape index (κ1) is 11.9. The van der Waals surface area contributed by atoms with Crippen LogP contribution < -0.4 is 10.6 Å². The van der Waals surface area contributed by atoms with Crippen LogP contribution in [0.4, 0.5) is 10.1 Å². The molecular weight excluding hydrogens is 225 g/mol. The first-order valence-corrected chi connectivity index (χ1v) is 5.37. The summed E-state index contributed by atoms with van der Waals surface area (Å²) in [6, 6.07) is 2.41. The van der Waals surface area contributed by atoms with Crippen molar-refractivity contribution in [2.45, 2.75) is 18.6 Å². The van der Waals surface area contributed by atoms with Crippen LogP contribution >= 0.6 is 0 Å². The first-order valence-electron chi connectivity index (χ1n) is 5.37. The van der Waals surface area contributed by atoms with Gasteiger partial charge in [-0.15, -0.1) is 0 Å². The molecule has 0 saturated carbocycles. The summed E-state index contributed by atoms with van der Waals surface area (Å²) in [4.78, 5) is 15.3. The fraction of sp³-hybridized carbons (Fsp3) is 0.455. The molecule has 0 spiro atoms. The molecule has 0 unspecified atom stereocenters. The van der Waals surface area contributed by atoms with Crippen LogP contribution in [-0.4, -0.2) is 36.7 Å². The predicted molar refractivity (Wildman–Crippen MR) is 60.0 cm³/mol. The lowest BCUT2D eigenvalue weighted by Gasteiger charge is -2.10. The van der Waals surface area contributed by atoms with E-state index in [0.29, 0.717) is 18.7 Å². The van der Waals surface area contributed by atoms with Crippen molar-refractivity contribution in [1.82, 2.24) is 10.3 Å². The third kappa shape index (κ3) is 2.98. The zero-order valence-electron chi connectivity index (χ0n) is 9.44. The van der Waals surface area contributed by atoms with Gasteiger partial charge in [-0.3, -0.25) is 4.79 Å². The fourth-order valence-electron chi connectivity index (χ4n) is 1.76. The van der Waals surface area contributed by atoms with Crippen LogP contribution in [0.1, 0.15) is 6.42 Å². The van der Waals surface area contributed by atoms with Crippen LogP contribution in [0.25, 0.3) is 0 Å². The highest BCUT2D eigenvalue weighted by molar-refractivity contribution is 5.94. The predicted octanol–water partition coefficient (Wildman–Crippen LogP) is 0.536. The van der Waals surface area contributed by atoms with E-state index < -0.39 is 5.95 Å². The second-order valence-corrected chi connectivity index (χ2v) is 3.91. The molecule has 0 bridgehead atoms. The van der Waals surface area contributed by atoms with Gasteiger partial charge in [0.25, 0.3) is 0 Å². The van der Waals surface area contributed by atoms with Crippen molar-refractivity contribution in [1.29, 1.82) is 0 Å². The van der Waals surface area contributed by atoms with Gasteiger partial charge in [-0.2, -0.15) is 4.39 Å². The van der Waals surface area contributed by atoms with Crippen LogP contribution in [0.5, 0.6) is 0 Å². The van der Waals surface area contributed by atoms with Crippen LogP contribution in [0, 0.1) is 5.95 Å². The zero-order valence-corrected chi connectivity index (χ0v) is 9.44. The van der Waals surface area contributed by atoms with E-state index in [1.807, 2.05) is 0 Å². The van der Waals surface area contributed by atoms with E-state index in [2.05, 4.69) is 15.6 Å². The molecule has 17 heavy (non-hydrogen) atoms. The van der Waals surface area contributed by atoms with Crippen molar-refractivity contribution in [3.63, 3.8) is 0 Å². The van der Waals surface area contributed by atoms with Gasteiger partial charge in [0.05, 0.1) is 24.0 Å². The summed E-state index contributed by atoms with van der Waals surface area (Å²) in [6.45, 7) is 0.663. The molecule has 2 rings (SSSR count). The molecule has 1 aromatic heterocycles. The summed E-state index contributed by atoms with van der Waals surface area (Å²) in [7, 11) is 1.62. The number of carbonyl (C=O) groups is 1. The normalized spacial score (nSPS) is 23.6. The van der Waals surface area contributed by atoms with Gasteiger partial charge in [-0.05, 0) is 18.6 Å². The van der Waals surface area contributed by atoms with E-state index in [9.17, 15) is 9.18 Å². The van der Waals surface area contributed by atoms with Gasteiger partial charge < -0.3 is 15.4 Å². The summed E-state index contributed by atoms with van der Waals surface area (Å²) in [6.07, 6.45) is 1.99. The number of hydrogen-bond donors (Lipinski definition) is 2. The monoisotopic (exact) mass is 239 g/mol. The Morgan fingerprint density at radius 3 is 3.06 bits per heavy atom. The molecule has 2 N–H and O–H groups in total. The summed E-state index contributed by atoms with van der Waals surface area (Å²) >= 11 is 0. The first-order chi connectivity index (χ1) is 8.19. The van der Waals surface area contributed by atoms with Crippen molar-refractivity contribution in [2.75, 3.05) is 19.0 Å². The standard InChI is InChI=1S/C11H14FN3O2/c1-17-8-4-9(13-6-8)11(16)15-7-2-3-10(12)14-5-7/h2-3,5,8-9,13H,4,6H2,1H3,(H,15,16)/t8-,9-/m0/s1. The molecule has 1 amide bonds. The zero-order chi connectivity index (χ0) is 12.3. The third-order valence-corrected chi connectivity index (χ3v) is 2.74. The highest BCUT2D eigenvalue weighted by Crippen LogP contribution is 2.12. The number of hydrogen-bond acceptors (Lipinski definition) is 4. The van der Waals surface area contributed by atoms with Crippen molar-refractivity contribution in [3.05, 3.63) is 24.3 Å². The molecule has 5 nitrogen and oxygen atoms in total. The summed E-state index contributed by atoms with van der Waals surface area (Å²) in [5.74, 6) is -0.723. The largest absolute Gasteiger partial charge is 0.380 e. The van der Waals surface area contributed by atoms with Crippen LogP contribution in [0.15, 0.2) is 18.3 Å².